The van der Waals surface area contributed by atoms with Gasteiger partial charge < -0.3 is 10.1 Å². The number of hydrogen-bond donors (Lipinski definition) is 1. The number of methoxy groups -OCH3 is 1. The molecule has 1 N–H and O–H groups in total. The van der Waals surface area contributed by atoms with E-state index < -0.39 is 0 Å². The van der Waals surface area contributed by atoms with Gasteiger partial charge in [0.2, 0.25) is 5.91 Å². The minimum Gasteiger partial charge on any atom is -0.469 e. The monoisotopic (exact) mass is 277 g/mol. The molecule has 1 aromatic heterocycles. The molecule has 1 aromatic rings. The average Bonchev–Trinajstić information content (AvgIpc) is 3.14. The topological polar surface area (TPSA) is 73.2 Å². The van der Waals surface area contributed by atoms with Crippen LogP contribution in [-0.4, -0.2) is 34.8 Å². The summed E-state index contributed by atoms with van der Waals surface area (Å²) in [5.74, 6) is 0.301. The number of carbonyl (C=O) groups is 2. The van der Waals surface area contributed by atoms with Gasteiger partial charge >= 0.3 is 5.97 Å². The Hall–Kier alpha value is -1.85. The molecule has 2 fully saturated rings. The van der Waals surface area contributed by atoms with Gasteiger partial charge in [-0.1, -0.05) is 0 Å². The number of nitrogens with one attached hydrogen (secondary N) is 1. The Morgan fingerprint density at radius 3 is 2.90 bits per heavy atom. The van der Waals surface area contributed by atoms with E-state index in [-0.39, 0.29) is 30.4 Å². The molecule has 2 saturated carbocycles. The molecule has 0 radical (unpaired) electrons. The fourth-order valence-electron chi connectivity index (χ4n) is 3.75. The first-order valence-corrected chi connectivity index (χ1v) is 7.03. The van der Waals surface area contributed by atoms with Crippen molar-refractivity contribution in [3.63, 3.8) is 0 Å². The fraction of sp³-hybridized carbons (Fsp3) is 0.643. The predicted molar refractivity (Wildman–Crippen MR) is 70.5 cm³/mol. The van der Waals surface area contributed by atoms with Crippen molar-refractivity contribution >= 4 is 11.9 Å². The van der Waals surface area contributed by atoms with Crippen molar-refractivity contribution in [3.05, 3.63) is 18.5 Å². The SMILES string of the molecule is COC(=O)[C@H]1[C@H]2CC[C@@H](C2)[C@H]1NC(=O)Cn1cccn1. The lowest BCUT2D eigenvalue weighted by atomic mass is 9.84. The second kappa shape index (κ2) is 5.26. The van der Waals surface area contributed by atoms with Crippen LogP contribution in [0, 0.1) is 17.8 Å². The lowest BCUT2D eigenvalue weighted by Crippen LogP contribution is -2.48. The number of fused-ring (bicyclic) bond motifs is 2. The Labute approximate surface area is 117 Å². The second-order valence-electron chi connectivity index (χ2n) is 5.68. The highest BCUT2D eigenvalue weighted by Gasteiger charge is 2.51. The molecule has 0 aromatic carbocycles. The Morgan fingerprint density at radius 2 is 2.20 bits per heavy atom. The number of amides is 1. The highest BCUT2D eigenvalue weighted by atomic mass is 16.5. The van der Waals surface area contributed by atoms with Crippen molar-refractivity contribution in [1.82, 2.24) is 15.1 Å². The van der Waals surface area contributed by atoms with Gasteiger partial charge in [0.25, 0.3) is 0 Å². The van der Waals surface area contributed by atoms with E-state index in [2.05, 4.69) is 10.4 Å². The minimum atomic E-state index is -0.193. The van der Waals surface area contributed by atoms with Crippen LogP contribution in [0.25, 0.3) is 0 Å². The molecule has 1 heterocycles. The maximum atomic E-state index is 12.1. The molecule has 0 aliphatic heterocycles. The summed E-state index contributed by atoms with van der Waals surface area (Å²) in [5, 5.41) is 7.03. The van der Waals surface area contributed by atoms with Gasteiger partial charge in [-0.2, -0.15) is 5.10 Å². The number of esters is 1. The summed E-state index contributed by atoms with van der Waals surface area (Å²) < 4.78 is 6.48. The van der Waals surface area contributed by atoms with Gasteiger partial charge in [0.15, 0.2) is 0 Å². The Bertz CT molecular complexity index is 500. The van der Waals surface area contributed by atoms with Crippen LogP contribution in [0.4, 0.5) is 0 Å². The standard InChI is InChI=1S/C14H19N3O3/c1-20-14(19)12-9-3-4-10(7-9)13(12)16-11(18)8-17-6-2-5-15-17/h2,5-6,9-10,12-13H,3-4,7-8H2,1H3,(H,16,18)/t9-,10-,12-,13+/m0/s1. The third-order valence-electron chi connectivity index (χ3n) is 4.58. The molecule has 6 nitrogen and oxygen atoms in total. The van der Waals surface area contributed by atoms with Crippen molar-refractivity contribution in [3.8, 4) is 0 Å². The number of rotatable bonds is 4. The van der Waals surface area contributed by atoms with Crippen LogP contribution in [0.5, 0.6) is 0 Å². The highest BCUT2D eigenvalue weighted by molar-refractivity contribution is 5.79. The maximum Gasteiger partial charge on any atom is 0.311 e. The lowest BCUT2D eigenvalue weighted by molar-refractivity contribution is -0.148. The van der Waals surface area contributed by atoms with Crippen molar-refractivity contribution in [2.75, 3.05) is 7.11 Å². The van der Waals surface area contributed by atoms with Gasteiger partial charge in [-0.05, 0) is 37.2 Å². The number of carbonyl (C=O) groups excluding carboxylic acids is 2. The van der Waals surface area contributed by atoms with Crippen molar-refractivity contribution < 1.29 is 14.3 Å². The van der Waals surface area contributed by atoms with Crippen LogP contribution in [-0.2, 0) is 20.9 Å². The minimum absolute atomic E-state index is 0.0794. The van der Waals surface area contributed by atoms with Crippen LogP contribution in [0.3, 0.4) is 0 Å². The molecule has 0 unspecified atom stereocenters. The van der Waals surface area contributed by atoms with E-state index in [0.29, 0.717) is 11.8 Å². The second-order valence-corrected chi connectivity index (χ2v) is 5.68. The van der Waals surface area contributed by atoms with Crippen molar-refractivity contribution in [2.24, 2.45) is 17.8 Å². The van der Waals surface area contributed by atoms with E-state index in [1.165, 1.54) is 7.11 Å². The summed E-state index contributed by atoms with van der Waals surface area (Å²) in [5.41, 5.74) is 0. The summed E-state index contributed by atoms with van der Waals surface area (Å²) >= 11 is 0. The molecule has 108 valence electrons. The van der Waals surface area contributed by atoms with E-state index >= 15 is 0 Å². The Morgan fingerprint density at radius 1 is 1.40 bits per heavy atom. The Balaban J connectivity index is 1.66. The molecule has 2 bridgehead atoms. The van der Waals surface area contributed by atoms with Crippen LogP contribution >= 0.6 is 0 Å². The normalized spacial score (nSPS) is 31.2. The molecule has 0 spiro atoms. The number of hydrogen-bond acceptors (Lipinski definition) is 4. The highest BCUT2D eigenvalue weighted by Crippen LogP contribution is 2.48. The van der Waals surface area contributed by atoms with E-state index in [1.807, 2.05) is 0 Å². The summed E-state index contributed by atoms with van der Waals surface area (Å²) in [7, 11) is 1.41. The van der Waals surface area contributed by atoms with E-state index in [4.69, 9.17) is 4.74 Å². The molecule has 4 atom stereocenters. The van der Waals surface area contributed by atoms with Crippen molar-refractivity contribution in [1.29, 1.82) is 0 Å². The molecule has 2 aliphatic carbocycles. The fourth-order valence-corrected chi connectivity index (χ4v) is 3.75. The predicted octanol–water partition coefficient (Wildman–Crippen LogP) is 0.587. The van der Waals surface area contributed by atoms with Crippen LogP contribution in [0.15, 0.2) is 18.5 Å². The van der Waals surface area contributed by atoms with Crippen LogP contribution < -0.4 is 5.32 Å². The molecular formula is C14H19N3O3. The summed E-state index contributed by atoms with van der Waals surface area (Å²) in [6.07, 6.45) is 6.56. The number of nitrogens with zero attached hydrogens (tertiary/aromatic N) is 2. The van der Waals surface area contributed by atoms with Gasteiger partial charge in [0, 0.05) is 18.4 Å². The molecule has 0 saturated heterocycles. The summed E-state index contributed by atoms with van der Waals surface area (Å²) in [4.78, 5) is 24.0. The third kappa shape index (κ3) is 2.30. The molecule has 6 heteroatoms. The number of aromatic nitrogens is 2. The molecule has 1 amide bonds. The lowest BCUT2D eigenvalue weighted by Gasteiger charge is -2.29. The zero-order valence-corrected chi connectivity index (χ0v) is 11.5. The van der Waals surface area contributed by atoms with Crippen LogP contribution in [0.1, 0.15) is 19.3 Å². The van der Waals surface area contributed by atoms with Gasteiger partial charge in [-0.3, -0.25) is 14.3 Å². The largest absolute Gasteiger partial charge is 0.469 e. The first kappa shape index (κ1) is 13.1. The van der Waals surface area contributed by atoms with Crippen LogP contribution in [0.2, 0.25) is 0 Å². The van der Waals surface area contributed by atoms with Gasteiger partial charge in [0.1, 0.15) is 6.54 Å². The molecule has 2 aliphatic rings. The van der Waals surface area contributed by atoms with E-state index in [0.717, 1.165) is 19.3 Å². The zero-order chi connectivity index (χ0) is 14.1. The van der Waals surface area contributed by atoms with Gasteiger partial charge in [-0.15, -0.1) is 0 Å². The van der Waals surface area contributed by atoms with E-state index in [9.17, 15) is 9.59 Å². The van der Waals surface area contributed by atoms with E-state index in [1.54, 1.807) is 23.1 Å². The molecular weight excluding hydrogens is 258 g/mol. The molecule has 3 rings (SSSR count). The first-order valence-electron chi connectivity index (χ1n) is 7.03. The number of ether oxygens (including phenoxy) is 1. The molecule has 20 heavy (non-hydrogen) atoms. The summed E-state index contributed by atoms with van der Waals surface area (Å²) in [6.45, 7) is 0.189. The first-order chi connectivity index (χ1) is 9.69. The zero-order valence-electron chi connectivity index (χ0n) is 11.5. The maximum absolute atomic E-state index is 12.1. The third-order valence-corrected chi connectivity index (χ3v) is 4.58. The van der Waals surface area contributed by atoms with Gasteiger partial charge in [0.05, 0.1) is 13.0 Å². The smallest absolute Gasteiger partial charge is 0.311 e. The van der Waals surface area contributed by atoms with Gasteiger partial charge in [-0.25, -0.2) is 0 Å². The quantitative estimate of drug-likeness (QED) is 0.817. The summed E-state index contributed by atoms with van der Waals surface area (Å²) in [6, 6.07) is 1.70. The van der Waals surface area contributed by atoms with Crippen molar-refractivity contribution in [2.45, 2.75) is 31.8 Å². The Kier molecular flexibility index (Phi) is 3.46. The average molecular weight is 277 g/mol.